The summed E-state index contributed by atoms with van der Waals surface area (Å²) >= 11 is 0. The molecular weight excluding hydrogens is 354 g/mol. The Hall–Kier alpha value is -2.77. The highest BCUT2D eigenvalue weighted by atomic mass is 16.6. The van der Waals surface area contributed by atoms with Gasteiger partial charge >= 0.3 is 12.1 Å². The highest BCUT2D eigenvalue weighted by molar-refractivity contribution is 5.98. The van der Waals surface area contributed by atoms with Crippen molar-refractivity contribution in [2.75, 3.05) is 27.4 Å². The normalized spacial score (nSPS) is 10.7. The number of amides is 1. The standard InChI is InChI=1S/C19H27NO7/c1-19(2,3)27-18(23)20-10-6-7-17(22)26-12-14(21)13-8-9-15(24-4)16(11-13)25-5/h8-9,11H,6-7,10,12H2,1-5H3,(H,20,23). The van der Waals surface area contributed by atoms with Crippen molar-refractivity contribution in [2.45, 2.75) is 39.2 Å². The predicted octanol–water partition coefficient (Wildman–Crippen LogP) is 2.73. The molecule has 0 aliphatic rings. The van der Waals surface area contributed by atoms with Crippen molar-refractivity contribution in [3.8, 4) is 11.5 Å². The van der Waals surface area contributed by atoms with Crippen LogP contribution >= 0.6 is 0 Å². The Labute approximate surface area is 159 Å². The van der Waals surface area contributed by atoms with Crippen molar-refractivity contribution < 1.29 is 33.3 Å². The molecule has 0 atom stereocenters. The monoisotopic (exact) mass is 381 g/mol. The number of esters is 1. The van der Waals surface area contributed by atoms with Crippen LogP contribution in [0.25, 0.3) is 0 Å². The zero-order chi connectivity index (χ0) is 20.4. The summed E-state index contributed by atoms with van der Waals surface area (Å²) in [6.45, 7) is 5.19. The van der Waals surface area contributed by atoms with Crippen LogP contribution in [0, 0.1) is 0 Å². The van der Waals surface area contributed by atoms with E-state index in [9.17, 15) is 14.4 Å². The number of carbonyl (C=O) groups is 3. The molecule has 1 aromatic rings. The lowest BCUT2D eigenvalue weighted by atomic mass is 10.1. The first kappa shape index (κ1) is 22.3. The summed E-state index contributed by atoms with van der Waals surface area (Å²) in [5, 5.41) is 2.55. The van der Waals surface area contributed by atoms with Gasteiger partial charge in [0.05, 0.1) is 14.2 Å². The second-order valence-corrected chi connectivity index (χ2v) is 6.69. The first-order valence-electron chi connectivity index (χ1n) is 8.54. The largest absolute Gasteiger partial charge is 0.493 e. The van der Waals surface area contributed by atoms with Crippen molar-refractivity contribution in [3.63, 3.8) is 0 Å². The molecule has 0 spiro atoms. The molecule has 8 nitrogen and oxygen atoms in total. The number of carbonyl (C=O) groups excluding carboxylic acids is 3. The van der Waals surface area contributed by atoms with Crippen LogP contribution in [0.5, 0.6) is 11.5 Å². The average Bonchev–Trinajstić information content (AvgIpc) is 2.61. The zero-order valence-corrected chi connectivity index (χ0v) is 16.4. The van der Waals surface area contributed by atoms with Gasteiger partial charge in [-0.1, -0.05) is 0 Å². The fourth-order valence-electron chi connectivity index (χ4n) is 2.05. The molecule has 1 aromatic carbocycles. The first-order chi connectivity index (χ1) is 12.7. The number of hydrogen-bond donors (Lipinski definition) is 1. The van der Waals surface area contributed by atoms with Gasteiger partial charge in [-0.2, -0.15) is 0 Å². The molecule has 0 radical (unpaired) electrons. The summed E-state index contributed by atoms with van der Waals surface area (Å²) in [5.74, 6) is 0.0532. The Kier molecular flexibility index (Phi) is 8.58. The fraction of sp³-hybridized carbons (Fsp3) is 0.526. The maximum Gasteiger partial charge on any atom is 0.407 e. The molecule has 0 fully saturated rings. The maximum atomic E-state index is 12.1. The topological polar surface area (TPSA) is 100 Å². The number of ketones is 1. The lowest BCUT2D eigenvalue weighted by Crippen LogP contribution is -2.33. The van der Waals surface area contributed by atoms with Crippen LogP contribution in [0.15, 0.2) is 18.2 Å². The molecule has 0 bridgehead atoms. The molecule has 0 unspecified atom stereocenters. The Balaban J connectivity index is 2.34. The van der Waals surface area contributed by atoms with E-state index in [4.69, 9.17) is 18.9 Å². The number of methoxy groups -OCH3 is 2. The molecular formula is C19H27NO7. The molecule has 27 heavy (non-hydrogen) atoms. The molecule has 0 saturated heterocycles. The molecule has 0 saturated carbocycles. The van der Waals surface area contributed by atoms with E-state index in [-0.39, 0.29) is 25.4 Å². The number of hydrogen-bond acceptors (Lipinski definition) is 7. The minimum absolute atomic E-state index is 0.0784. The number of rotatable bonds is 9. The maximum absolute atomic E-state index is 12.1. The molecule has 1 rings (SSSR count). The third kappa shape index (κ3) is 8.44. The second kappa shape index (κ2) is 10.4. The molecule has 0 aliphatic carbocycles. The predicted molar refractivity (Wildman–Crippen MR) is 98.3 cm³/mol. The smallest absolute Gasteiger partial charge is 0.407 e. The van der Waals surface area contributed by atoms with Gasteiger partial charge in [-0.3, -0.25) is 9.59 Å². The minimum Gasteiger partial charge on any atom is -0.493 e. The van der Waals surface area contributed by atoms with Crippen LogP contribution < -0.4 is 14.8 Å². The van der Waals surface area contributed by atoms with Gasteiger partial charge in [-0.25, -0.2) is 4.79 Å². The summed E-state index contributed by atoms with van der Waals surface area (Å²) in [6, 6.07) is 4.71. The van der Waals surface area contributed by atoms with Crippen LogP contribution in [0.3, 0.4) is 0 Å². The van der Waals surface area contributed by atoms with Gasteiger partial charge in [0.2, 0.25) is 0 Å². The molecule has 1 amide bonds. The van der Waals surface area contributed by atoms with Gasteiger partial charge in [0.1, 0.15) is 5.60 Å². The highest BCUT2D eigenvalue weighted by Crippen LogP contribution is 2.27. The number of Topliss-reactive ketones (excluding diaryl/α,β-unsaturated/α-hetero) is 1. The van der Waals surface area contributed by atoms with Gasteiger partial charge in [0.25, 0.3) is 0 Å². The van der Waals surface area contributed by atoms with Gasteiger partial charge in [0.15, 0.2) is 23.9 Å². The SMILES string of the molecule is COc1ccc(C(=O)COC(=O)CCCNC(=O)OC(C)(C)C)cc1OC. The van der Waals surface area contributed by atoms with E-state index in [1.54, 1.807) is 32.9 Å². The number of benzene rings is 1. The molecule has 8 heteroatoms. The zero-order valence-electron chi connectivity index (χ0n) is 16.4. The second-order valence-electron chi connectivity index (χ2n) is 6.69. The van der Waals surface area contributed by atoms with Crippen molar-refractivity contribution in [3.05, 3.63) is 23.8 Å². The van der Waals surface area contributed by atoms with Crippen LogP contribution in [0.1, 0.15) is 44.0 Å². The van der Waals surface area contributed by atoms with E-state index in [2.05, 4.69) is 5.32 Å². The van der Waals surface area contributed by atoms with Crippen LogP contribution in [-0.4, -0.2) is 50.8 Å². The molecule has 150 valence electrons. The van der Waals surface area contributed by atoms with Gasteiger partial charge in [0, 0.05) is 18.5 Å². The summed E-state index contributed by atoms with van der Waals surface area (Å²) < 4.78 is 20.3. The van der Waals surface area contributed by atoms with E-state index in [0.29, 0.717) is 23.5 Å². The summed E-state index contributed by atoms with van der Waals surface area (Å²) in [5.41, 5.74) is -0.222. The van der Waals surface area contributed by atoms with E-state index in [1.807, 2.05) is 0 Å². The lowest BCUT2D eigenvalue weighted by molar-refractivity contribution is -0.142. The van der Waals surface area contributed by atoms with Crippen LogP contribution in [-0.2, 0) is 14.3 Å². The van der Waals surface area contributed by atoms with Crippen LogP contribution in [0.2, 0.25) is 0 Å². The first-order valence-corrected chi connectivity index (χ1v) is 8.54. The van der Waals surface area contributed by atoms with Gasteiger partial charge < -0.3 is 24.3 Å². The average molecular weight is 381 g/mol. The highest BCUT2D eigenvalue weighted by Gasteiger charge is 2.16. The van der Waals surface area contributed by atoms with E-state index >= 15 is 0 Å². The van der Waals surface area contributed by atoms with Crippen molar-refractivity contribution in [1.82, 2.24) is 5.32 Å². The number of nitrogens with one attached hydrogen (secondary N) is 1. The number of alkyl carbamates (subject to hydrolysis) is 1. The Morgan fingerprint density at radius 3 is 2.30 bits per heavy atom. The Bertz CT molecular complexity index is 665. The quantitative estimate of drug-likeness (QED) is 0.399. The van der Waals surface area contributed by atoms with E-state index in [1.165, 1.54) is 20.3 Å². The van der Waals surface area contributed by atoms with Crippen molar-refractivity contribution >= 4 is 17.8 Å². The van der Waals surface area contributed by atoms with Gasteiger partial charge in [-0.05, 0) is 45.4 Å². The third-order valence-corrected chi connectivity index (χ3v) is 3.30. The fourth-order valence-corrected chi connectivity index (χ4v) is 2.05. The van der Waals surface area contributed by atoms with Crippen molar-refractivity contribution in [1.29, 1.82) is 0 Å². The molecule has 0 aliphatic heterocycles. The molecule has 1 N–H and O–H groups in total. The molecule has 0 heterocycles. The number of ether oxygens (including phenoxy) is 4. The lowest BCUT2D eigenvalue weighted by Gasteiger charge is -2.19. The third-order valence-electron chi connectivity index (χ3n) is 3.30. The summed E-state index contributed by atoms with van der Waals surface area (Å²) in [6.07, 6.45) is -0.0861. The Morgan fingerprint density at radius 2 is 1.70 bits per heavy atom. The van der Waals surface area contributed by atoms with Crippen LogP contribution in [0.4, 0.5) is 4.79 Å². The summed E-state index contributed by atoms with van der Waals surface area (Å²) in [4.78, 5) is 35.3. The minimum atomic E-state index is -0.576. The van der Waals surface area contributed by atoms with E-state index in [0.717, 1.165) is 0 Å². The van der Waals surface area contributed by atoms with Crippen molar-refractivity contribution in [2.24, 2.45) is 0 Å². The Morgan fingerprint density at radius 1 is 1.04 bits per heavy atom. The van der Waals surface area contributed by atoms with E-state index < -0.39 is 17.7 Å². The van der Waals surface area contributed by atoms with Gasteiger partial charge in [-0.15, -0.1) is 0 Å². The summed E-state index contributed by atoms with van der Waals surface area (Å²) in [7, 11) is 2.97. The molecule has 0 aromatic heterocycles.